The summed E-state index contributed by atoms with van der Waals surface area (Å²) in [6.45, 7) is 5.11. The van der Waals surface area contributed by atoms with Crippen LogP contribution in [0.3, 0.4) is 0 Å². The van der Waals surface area contributed by atoms with Crippen molar-refractivity contribution in [3.63, 3.8) is 0 Å². The minimum atomic E-state index is -4.59. The summed E-state index contributed by atoms with van der Waals surface area (Å²) in [5.41, 5.74) is -0.318. The maximum absolute atomic E-state index is 13.7. The molecular weight excluding hydrogens is 320 g/mol. The molecule has 1 unspecified atom stereocenters. The second-order valence-electron chi connectivity index (χ2n) is 5.88. The van der Waals surface area contributed by atoms with E-state index in [0.717, 1.165) is 12.3 Å². The topological polar surface area (TPSA) is 60.5 Å². The number of rotatable bonds is 4. The highest BCUT2D eigenvalue weighted by molar-refractivity contribution is 5.68. The van der Waals surface area contributed by atoms with Crippen LogP contribution in [0.4, 0.5) is 22.4 Å². The number of hydrogen-bond donors (Lipinski definition) is 1. The number of carbonyl (C=O) groups excluding carboxylic acids is 1. The Balaban J connectivity index is 2.71. The molecule has 0 saturated heterocycles. The highest BCUT2D eigenvalue weighted by Crippen LogP contribution is 2.23. The zero-order chi connectivity index (χ0) is 17.8. The van der Waals surface area contributed by atoms with Gasteiger partial charge >= 0.3 is 12.3 Å². The second-order valence-corrected chi connectivity index (χ2v) is 5.88. The molecule has 1 atom stereocenters. The Kier molecular flexibility index (Phi) is 5.79. The van der Waals surface area contributed by atoms with Crippen LogP contribution in [0, 0.1) is 5.82 Å². The summed E-state index contributed by atoms with van der Waals surface area (Å²) in [7, 11) is 0. The summed E-state index contributed by atoms with van der Waals surface area (Å²) in [4.78, 5) is 15.1. The lowest BCUT2D eigenvalue weighted by Crippen LogP contribution is -2.41. The molecule has 5 nitrogen and oxygen atoms in total. The summed E-state index contributed by atoms with van der Waals surface area (Å²) in [5, 5.41) is 2.56. The average Bonchev–Trinajstić information content (AvgIpc) is 2.33. The lowest BCUT2D eigenvalue weighted by Gasteiger charge is -2.22. The van der Waals surface area contributed by atoms with Crippen molar-refractivity contribution in [1.82, 2.24) is 10.3 Å². The largest absolute Gasteiger partial charge is 0.466 e. The predicted octanol–water partition coefficient (Wildman–Crippen LogP) is 3.75. The standard InChI is InChI=1S/C14H18F4N2O3/c1-8(23-12(21)20-13(2,3)4)9-5-10(15)11(19-6-9)22-7-14(16,17)18/h5-6,8H,7H2,1-4H3,(H,20,21). The molecule has 0 aliphatic heterocycles. The fourth-order valence-electron chi connectivity index (χ4n) is 1.48. The van der Waals surface area contributed by atoms with E-state index in [1.807, 2.05) is 0 Å². The molecule has 0 aliphatic rings. The minimum absolute atomic E-state index is 0.186. The van der Waals surface area contributed by atoms with Gasteiger partial charge in [-0.15, -0.1) is 0 Å². The number of aromatic nitrogens is 1. The normalized spacial score (nSPS) is 13.4. The molecule has 1 aromatic heterocycles. The molecule has 0 fully saturated rings. The molecule has 1 aromatic rings. The van der Waals surface area contributed by atoms with Gasteiger partial charge in [0.25, 0.3) is 5.88 Å². The van der Waals surface area contributed by atoms with Crippen LogP contribution in [0.2, 0.25) is 0 Å². The van der Waals surface area contributed by atoms with Gasteiger partial charge in [-0.05, 0) is 33.8 Å². The summed E-state index contributed by atoms with van der Waals surface area (Å²) >= 11 is 0. The van der Waals surface area contributed by atoms with E-state index in [2.05, 4.69) is 15.0 Å². The molecule has 1 heterocycles. The third-order valence-electron chi connectivity index (χ3n) is 2.43. The Bertz CT molecular complexity index is 556. The van der Waals surface area contributed by atoms with Gasteiger partial charge in [0.15, 0.2) is 12.4 Å². The summed E-state index contributed by atoms with van der Waals surface area (Å²) in [6.07, 6.45) is -5.04. The van der Waals surface area contributed by atoms with Gasteiger partial charge in [0, 0.05) is 17.3 Å². The molecule has 0 bridgehead atoms. The molecule has 0 aliphatic carbocycles. The quantitative estimate of drug-likeness (QED) is 0.850. The number of carbonyl (C=O) groups is 1. The Labute approximate surface area is 131 Å². The van der Waals surface area contributed by atoms with Crippen molar-refractivity contribution in [3.8, 4) is 5.88 Å². The third kappa shape index (κ3) is 7.16. The van der Waals surface area contributed by atoms with Gasteiger partial charge in [-0.1, -0.05) is 0 Å². The Morgan fingerprint density at radius 2 is 1.96 bits per heavy atom. The smallest absolute Gasteiger partial charge is 0.422 e. The van der Waals surface area contributed by atoms with Crippen molar-refractivity contribution in [3.05, 3.63) is 23.6 Å². The first-order valence-electron chi connectivity index (χ1n) is 6.71. The van der Waals surface area contributed by atoms with Gasteiger partial charge in [-0.2, -0.15) is 13.2 Å². The monoisotopic (exact) mass is 338 g/mol. The Morgan fingerprint density at radius 3 is 2.43 bits per heavy atom. The zero-order valence-corrected chi connectivity index (χ0v) is 13.1. The lowest BCUT2D eigenvalue weighted by molar-refractivity contribution is -0.154. The first kappa shape index (κ1) is 19.0. The molecule has 0 aromatic carbocycles. The number of nitrogens with one attached hydrogen (secondary N) is 1. The van der Waals surface area contributed by atoms with Crippen LogP contribution >= 0.6 is 0 Å². The van der Waals surface area contributed by atoms with E-state index in [1.165, 1.54) is 6.92 Å². The lowest BCUT2D eigenvalue weighted by atomic mass is 10.1. The highest BCUT2D eigenvalue weighted by Gasteiger charge is 2.29. The molecule has 130 valence electrons. The van der Waals surface area contributed by atoms with Gasteiger partial charge in [0.05, 0.1) is 0 Å². The van der Waals surface area contributed by atoms with E-state index < -0.39 is 42.2 Å². The third-order valence-corrected chi connectivity index (χ3v) is 2.43. The Hall–Kier alpha value is -2.06. The van der Waals surface area contributed by atoms with E-state index in [9.17, 15) is 22.4 Å². The number of pyridine rings is 1. The number of alkyl carbamates (subject to hydrolysis) is 1. The zero-order valence-electron chi connectivity index (χ0n) is 13.1. The van der Waals surface area contributed by atoms with Gasteiger partial charge in [0.2, 0.25) is 0 Å². The second kappa shape index (κ2) is 7.01. The average molecular weight is 338 g/mol. The summed E-state index contributed by atoms with van der Waals surface area (Å²) in [6, 6.07) is 0.910. The molecule has 0 spiro atoms. The van der Waals surface area contributed by atoms with Gasteiger partial charge < -0.3 is 14.8 Å². The maximum atomic E-state index is 13.7. The van der Waals surface area contributed by atoms with Crippen LogP contribution in [0.1, 0.15) is 39.4 Å². The first-order chi connectivity index (χ1) is 10.4. The Morgan fingerprint density at radius 1 is 1.35 bits per heavy atom. The number of ether oxygens (including phenoxy) is 2. The van der Waals surface area contributed by atoms with E-state index >= 15 is 0 Å². The molecule has 1 N–H and O–H groups in total. The number of nitrogens with zero attached hydrogens (tertiary/aromatic N) is 1. The first-order valence-corrected chi connectivity index (χ1v) is 6.71. The fraction of sp³-hybridized carbons (Fsp3) is 0.571. The van der Waals surface area contributed by atoms with E-state index in [0.29, 0.717) is 0 Å². The molecule has 1 amide bonds. The number of amides is 1. The molecule has 23 heavy (non-hydrogen) atoms. The predicted molar refractivity (Wildman–Crippen MR) is 73.5 cm³/mol. The SMILES string of the molecule is CC(OC(=O)NC(C)(C)C)c1cnc(OCC(F)(F)F)c(F)c1. The summed E-state index contributed by atoms with van der Waals surface area (Å²) in [5.74, 6) is -1.84. The molecule has 0 saturated carbocycles. The number of hydrogen-bond acceptors (Lipinski definition) is 4. The molecular formula is C14H18F4N2O3. The highest BCUT2D eigenvalue weighted by atomic mass is 19.4. The van der Waals surface area contributed by atoms with Gasteiger partial charge in [0.1, 0.15) is 6.10 Å². The van der Waals surface area contributed by atoms with Crippen LogP contribution in [0.15, 0.2) is 12.3 Å². The van der Waals surface area contributed by atoms with Crippen molar-refractivity contribution < 1.29 is 31.8 Å². The van der Waals surface area contributed by atoms with Crippen molar-refractivity contribution in [2.45, 2.75) is 45.5 Å². The van der Waals surface area contributed by atoms with Crippen LogP contribution in [0.5, 0.6) is 5.88 Å². The number of alkyl halides is 3. The van der Waals surface area contributed by atoms with E-state index in [-0.39, 0.29) is 5.56 Å². The van der Waals surface area contributed by atoms with E-state index in [1.54, 1.807) is 20.8 Å². The van der Waals surface area contributed by atoms with Crippen molar-refractivity contribution in [1.29, 1.82) is 0 Å². The molecule has 9 heteroatoms. The van der Waals surface area contributed by atoms with E-state index in [4.69, 9.17) is 4.74 Å². The van der Waals surface area contributed by atoms with Gasteiger partial charge in [-0.25, -0.2) is 14.2 Å². The maximum Gasteiger partial charge on any atom is 0.422 e. The van der Waals surface area contributed by atoms with Crippen LogP contribution in [0.25, 0.3) is 0 Å². The minimum Gasteiger partial charge on any atom is -0.466 e. The van der Waals surface area contributed by atoms with Crippen molar-refractivity contribution in [2.75, 3.05) is 6.61 Å². The summed E-state index contributed by atoms with van der Waals surface area (Å²) < 4.78 is 59.0. The number of halogens is 4. The van der Waals surface area contributed by atoms with Crippen LogP contribution in [-0.4, -0.2) is 29.4 Å². The van der Waals surface area contributed by atoms with Crippen molar-refractivity contribution >= 4 is 6.09 Å². The van der Waals surface area contributed by atoms with Crippen LogP contribution < -0.4 is 10.1 Å². The van der Waals surface area contributed by atoms with Crippen LogP contribution in [-0.2, 0) is 4.74 Å². The fourth-order valence-corrected chi connectivity index (χ4v) is 1.48. The molecule has 1 rings (SSSR count). The van der Waals surface area contributed by atoms with Gasteiger partial charge in [-0.3, -0.25) is 0 Å². The van der Waals surface area contributed by atoms with Crippen molar-refractivity contribution in [2.24, 2.45) is 0 Å². The molecule has 0 radical (unpaired) electrons.